The molecule has 1 heterocycles. The number of hydrogen-bond donors (Lipinski definition) is 4. The number of phenolic OH excluding ortho intramolecular Hbond substituents is 1. The summed E-state index contributed by atoms with van der Waals surface area (Å²) in [5.41, 5.74) is 10.8. The molecule has 3 aliphatic carbocycles. The monoisotopic (exact) mass is 599 g/mol. The second-order valence-corrected chi connectivity index (χ2v) is 13.6. The van der Waals surface area contributed by atoms with E-state index in [1.807, 2.05) is 31.1 Å². The molecular weight excluding hydrogens is 562 g/mol. The van der Waals surface area contributed by atoms with Crippen LogP contribution in [-0.2, 0) is 35.6 Å². The van der Waals surface area contributed by atoms with Gasteiger partial charge in [0.2, 0.25) is 0 Å². The van der Waals surface area contributed by atoms with Crippen molar-refractivity contribution in [2.24, 2.45) is 17.6 Å². The Morgan fingerprint density at radius 2 is 1.77 bits per heavy atom. The molecule has 9 nitrogen and oxygen atoms in total. The van der Waals surface area contributed by atoms with Crippen LogP contribution in [0.3, 0.4) is 0 Å². The number of allylic oxidation sites excluding steroid dienone is 1. The Morgan fingerprint density at radius 1 is 1.14 bits per heavy atom. The van der Waals surface area contributed by atoms with E-state index in [4.69, 9.17) is 13.2 Å². The SMILES string of the molecule is [B]=C1C(C(N)=O)=C(O)[C@@H](N(C)C)[C@@H]2C[C@@H]3Cc4c(c(O)cc(CN5Cc6ccccc6C5)c4N(C)C)C(O)=C3C(=O)[C@]12P. The number of nitrogens with zero attached hydrogens (tertiary/aromatic N) is 3. The fourth-order valence-corrected chi connectivity index (χ4v) is 8.59. The van der Waals surface area contributed by atoms with Crippen molar-refractivity contribution >= 4 is 45.3 Å². The molecule has 0 bridgehead atoms. The molecule has 5 atom stereocenters. The maximum atomic E-state index is 14.4. The van der Waals surface area contributed by atoms with E-state index >= 15 is 0 Å². The molecule has 1 saturated carbocycles. The third-order valence-electron chi connectivity index (χ3n) is 9.74. The maximum absolute atomic E-state index is 14.4. The van der Waals surface area contributed by atoms with Crippen LogP contribution in [-0.4, -0.2) is 89.1 Å². The van der Waals surface area contributed by atoms with Gasteiger partial charge in [0.05, 0.1) is 0 Å². The number of likely N-dealkylation sites (N-methyl/N-ethyl adjacent to an activating group) is 1. The number of rotatable bonds is 5. The van der Waals surface area contributed by atoms with E-state index in [-0.39, 0.29) is 39.4 Å². The van der Waals surface area contributed by atoms with E-state index in [2.05, 4.69) is 26.3 Å². The quantitative estimate of drug-likeness (QED) is 0.304. The number of aromatic hydroxyl groups is 1. The van der Waals surface area contributed by atoms with Gasteiger partial charge in [-0.25, -0.2) is 0 Å². The minimum absolute atomic E-state index is 0.0920. The first-order chi connectivity index (χ1) is 20.3. The Morgan fingerprint density at radius 3 is 2.33 bits per heavy atom. The number of nitrogens with two attached hydrogens (primary N) is 1. The Kier molecular flexibility index (Phi) is 7.11. The minimum atomic E-state index is -1.48. The predicted octanol–water partition coefficient (Wildman–Crippen LogP) is 2.20. The molecule has 6 rings (SSSR count). The van der Waals surface area contributed by atoms with Crippen LogP contribution in [0.1, 0.15) is 34.2 Å². The summed E-state index contributed by atoms with van der Waals surface area (Å²) in [5.74, 6) is -2.92. The van der Waals surface area contributed by atoms with Gasteiger partial charge in [-0.05, 0) is 11.1 Å². The zero-order valence-corrected chi connectivity index (χ0v) is 26.0. The van der Waals surface area contributed by atoms with Crippen LogP contribution in [0, 0.1) is 11.8 Å². The molecular formula is C32H37BN4O5P. The van der Waals surface area contributed by atoms with Crippen molar-refractivity contribution in [1.29, 1.82) is 0 Å². The van der Waals surface area contributed by atoms with Gasteiger partial charge >= 0.3 is 220 Å². The van der Waals surface area contributed by atoms with Gasteiger partial charge in [-0.2, -0.15) is 0 Å². The molecule has 2 aromatic carbocycles. The van der Waals surface area contributed by atoms with Gasteiger partial charge in [0.1, 0.15) is 0 Å². The number of aliphatic hydroxyl groups is 2. The van der Waals surface area contributed by atoms with E-state index in [0.29, 0.717) is 19.4 Å². The van der Waals surface area contributed by atoms with Crippen LogP contribution >= 0.6 is 9.24 Å². The van der Waals surface area contributed by atoms with Gasteiger partial charge in [0, 0.05) is 0 Å². The van der Waals surface area contributed by atoms with Crippen molar-refractivity contribution in [2.75, 3.05) is 33.1 Å². The molecule has 1 unspecified atom stereocenters. The van der Waals surface area contributed by atoms with E-state index in [0.717, 1.165) is 29.9 Å². The van der Waals surface area contributed by atoms with Crippen molar-refractivity contribution in [2.45, 2.75) is 43.7 Å². The molecule has 223 valence electrons. The Labute approximate surface area is 254 Å². The van der Waals surface area contributed by atoms with Crippen LogP contribution in [0.4, 0.5) is 5.69 Å². The van der Waals surface area contributed by atoms with E-state index in [1.54, 1.807) is 25.1 Å². The van der Waals surface area contributed by atoms with Gasteiger partial charge in [-0.3, -0.25) is 0 Å². The first-order valence-corrected chi connectivity index (χ1v) is 15.0. The average Bonchev–Trinajstić information content (AvgIpc) is 3.32. The number of hydrogen-bond acceptors (Lipinski definition) is 8. The topological polar surface area (TPSA) is 131 Å². The molecule has 0 spiro atoms. The Bertz CT molecular complexity index is 1640. The number of phenols is 1. The number of Topliss-reactive ketones (excluding diaryl/α,β-unsaturated/α-hetero) is 1. The van der Waals surface area contributed by atoms with Crippen molar-refractivity contribution in [3.8, 4) is 5.75 Å². The normalized spacial score (nSPS) is 26.8. The zero-order valence-electron chi connectivity index (χ0n) is 24.9. The van der Waals surface area contributed by atoms with Crippen LogP contribution < -0.4 is 10.6 Å². The summed E-state index contributed by atoms with van der Waals surface area (Å²) in [4.78, 5) is 32.9. The number of benzene rings is 2. The summed E-state index contributed by atoms with van der Waals surface area (Å²) < 4.78 is 0. The molecule has 5 N–H and O–H groups in total. The molecule has 0 saturated heterocycles. The van der Waals surface area contributed by atoms with Crippen LogP contribution in [0.25, 0.3) is 5.76 Å². The number of ketones is 1. The molecule has 43 heavy (non-hydrogen) atoms. The average molecular weight is 599 g/mol. The van der Waals surface area contributed by atoms with Gasteiger partial charge < -0.3 is 0 Å². The number of carbonyl (C=O) groups is 2. The molecule has 1 radical (unpaired) electrons. The summed E-state index contributed by atoms with van der Waals surface area (Å²) in [6.45, 7) is 2.21. The summed E-state index contributed by atoms with van der Waals surface area (Å²) in [5, 5.41) is 32.8. The van der Waals surface area contributed by atoms with E-state index in [1.165, 1.54) is 11.1 Å². The molecule has 11 heteroatoms. The molecule has 1 aliphatic heterocycles. The molecule has 1 amide bonds. The number of carbonyl (C=O) groups excluding carboxylic acids is 2. The molecule has 0 aromatic heterocycles. The van der Waals surface area contributed by atoms with Crippen LogP contribution in [0.5, 0.6) is 5.75 Å². The van der Waals surface area contributed by atoms with Crippen molar-refractivity contribution in [3.05, 3.63) is 75.1 Å². The zero-order chi connectivity index (χ0) is 31.1. The fourth-order valence-electron chi connectivity index (χ4n) is 7.97. The fraction of sp³-hybridized carbons (Fsp3) is 0.406. The van der Waals surface area contributed by atoms with Crippen molar-refractivity contribution in [3.63, 3.8) is 0 Å². The summed E-state index contributed by atoms with van der Waals surface area (Å²) >= 11 is 0. The van der Waals surface area contributed by atoms with Crippen LogP contribution in [0.2, 0.25) is 0 Å². The second kappa shape index (κ2) is 10.3. The first kappa shape index (κ1) is 29.6. The summed E-state index contributed by atoms with van der Waals surface area (Å²) in [6.07, 6.45) is 0.799. The van der Waals surface area contributed by atoms with E-state index in [9.17, 15) is 24.9 Å². The number of amides is 1. The Hall–Kier alpha value is -3.46. The van der Waals surface area contributed by atoms with Gasteiger partial charge in [0.15, 0.2) is 0 Å². The number of primary amides is 1. The molecule has 1 fully saturated rings. The van der Waals surface area contributed by atoms with Gasteiger partial charge in [0.25, 0.3) is 0 Å². The third-order valence-corrected chi connectivity index (χ3v) is 10.7. The Balaban J connectivity index is 1.46. The van der Waals surface area contributed by atoms with Crippen molar-refractivity contribution < 1.29 is 24.9 Å². The third kappa shape index (κ3) is 4.29. The van der Waals surface area contributed by atoms with Crippen molar-refractivity contribution in [1.82, 2.24) is 9.80 Å². The van der Waals surface area contributed by atoms with Gasteiger partial charge in [-0.15, -0.1) is 0 Å². The number of anilines is 1. The standard InChI is InChI=1S/C32H37BN4O5P/c1-35(2)25-18(14-37-12-15-7-5-6-8-16(15)13-37)11-21(38)23-19(25)9-17-10-20-26(36(3)4)28(40)24(31(34)42)29(33)32(20,43)30(41)22(17)27(23)39/h5-8,11,17,20,26,38-40H,9-10,12-14,43H2,1-4H3,(H2,34,42)/t17-,20-,26-,32+/m0/s1. The van der Waals surface area contributed by atoms with Gasteiger partial charge in [-0.1, -0.05) is 24.3 Å². The molecule has 2 aromatic rings. The predicted molar refractivity (Wildman–Crippen MR) is 171 cm³/mol. The summed E-state index contributed by atoms with van der Waals surface area (Å²) in [7, 11) is 16.4. The molecule has 4 aliphatic rings. The summed E-state index contributed by atoms with van der Waals surface area (Å²) in [6, 6.07) is 9.35. The number of fused-ring (bicyclic) bond motifs is 4. The number of aliphatic hydroxyl groups excluding tert-OH is 2. The van der Waals surface area contributed by atoms with E-state index < -0.39 is 34.7 Å². The first-order valence-electron chi connectivity index (χ1n) is 14.4. The van der Waals surface area contributed by atoms with Crippen LogP contribution in [0.15, 0.2) is 47.2 Å². The second-order valence-electron chi connectivity index (χ2n) is 12.7.